The van der Waals surface area contributed by atoms with E-state index in [1.165, 1.54) is 0 Å². The van der Waals surface area contributed by atoms with E-state index in [2.05, 4.69) is 19.2 Å². The minimum Gasteiger partial charge on any atom is -0.380 e. The van der Waals surface area contributed by atoms with Crippen molar-refractivity contribution in [2.75, 3.05) is 26.3 Å². The van der Waals surface area contributed by atoms with Crippen LogP contribution in [0.1, 0.15) is 26.7 Å². The fourth-order valence-corrected chi connectivity index (χ4v) is 0.903. The van der Waals surface area contributed by atoms with E-state index in [4.69, 9.17) is 16.3 Å². The van der Waals surface area contributed by atoms with Crippen molar-refractivity contribution in [3.8, 4) is 0 Å². The normalized spacial score (nSPS) is 13.2. The number of ether oxygens (including phenoxy) is 1. The average Bonchev–Trinajstić information content (AvgIpc) is 2.10. The minimum atomic E-state index is 0.260. The molecule has 0 aromatic heterocycles. The van der Waals surface area contributed by atoms with Gasteiger partial charge in [0.05, 0.1) is 6.61 Å². The Morgan fingerprint density at radius 3 is 2.67 bits per heavy atom. The molecule has 0 aliphatic rings. The number of hydrogen-bond acceptors (Lipinski definition) is 2. The summed E-state index contributed by atoms with van der Waals surface area (Å²) in [6, 6.07) is 0. The molecule has 0 aromatic rings. The van der Waals surface area contributed by atoms with Gasteiger partial charge in [-0.3, -0.25) is 0 Å². The van der Waals surface area contributed by atoms with Crippen LogP contribution in [0.4, 0.5) is 0 Å². The van der Waals surface area contributed by atoms with E-state index >= 15 is 0 Å². The summed E-state index contributed by atoms with van der Waals surface area (Å²) in [6.45, 7) is 7.64. The standard InChI is InChI=1S/C9H20ClNO/c1-3-6-12-7-5-11-8-9(10)4-2/h9,11H,3-8H2,1-2H3. The van der Waals surface area contributed by atoms with Crippen LogP contribution in [0.5, 0.6) is 0 Å². The Balaban J connectivity index is 2.90. The molecule has 0 fully saturated rings. The third-order valence-corrected chi connectivity index (χ3v) is 2.04. The summed E-state index contributed by atoms with van der Waals surface area (Å²) in [6.07, 6.45) is 2.11. The van der Waals surface area contributed by atoms with Crippen molar-refractivity contribution in [2.24, 2.45) is 0 Å². The molecule has 1 unspecified atom stereocenters. The van der Waals surface area contributed by atoms with Gasteiger partial charge < -0.3 is 10.1 Å². The van der Waals surface area contributed by atoms with Crippen LogP contribution < -0.4 is 5.32 Å². The molecule has 2 nitrogen and oxygen atoms in total. The Hall–Kier alpha value is 0.210. The molecule has 0 spiro atoms. The summed E-state index contributed by atoms with van der Waals surface area (Å²) < 4.78 is 5.29. The molecule has 0 saturated carbocycles. The summed E-state index contributed by atoms with van der Waals surface area (Å²) in [7, 11) is 0. The van der Waals surface area contributed by atoms with E-state index < -0.39 is 0 Å². The first-order chi connectivity index (χ1) is 5.81. The maximum Gasteiger partial charge on any atom is 0.0590 e. The van der Waals surface area contributed by atoms with Gasteiger partial charge in [-0.1, -0.05) is 13.8 Å². The molecule has 0 aromatic carbocycles. The zero-order valence-electron chi connectivity index (χ0n) is 8.11. The maximum absolute atomic E-state index is 5.90. The van der Waals surface area contributed by atoms with E-state index in [-0.39, 0.29) is 5.38 Å². The molecule has 0 aliphatic heterocycles. The minimum absolute atomic E-state index is 0.260. The van der Waals surface area contributed by atoms with Crippen LogP contribution in [0.25, 0.3) is 0 Å². The molecule has 0 rings (SSSR count). The fraction of sp³-hybridized carbons (Fsp3) is 1.00. The molecule has 12 heavy (non-hydrogen) atoms. The van der Waals surface area contributed by atoms with Crippen molar-refractivity contribution in [1.29, 1.82) is 0 Å². The zero-order valence-corrected chi connectivity index (χ0v) is 8.86. The lowest BCUT2D eigenvalue weighted by Gasteiger charge is -2.08. The van der Waals surface area contributed by atoms with Crippen LogP contribution in [0.3, 0.4) is 0 Å². The number of rotatable bonds is 8. The fourth-order valence-electron chi connectivity index (χ4n) is 0.794. The van der Waals surface area contributed by atoms with Crippen LogP contribution in [0.15, 0.2) is 0 Å². The summed E-state index contributed by atoms with van der Waals surface area (Å²) in [5, 5.41) is 3.50. The van der Waals surface area contributed by atoms with Crippen molar-refractivity contribution >= 4 is 11.6 Å². The predicted molar refractivity (Wildman–Crippen MR) is 53.9 cm³/mol. The van der Waals surface area contributed by atoms with Crippen molar-refractivity contribution in [2.45, 2.75) is 32.1 Å². The van der Waals surface area contributed by atoms with Gasteiger partial charge in [-0.05, 0) is 12.8 Å². The second-order valence-corrected chi connectivity index (χ2v) is 3.44. The largest absolute Gasteiger partial charge is 0.380 e. The smallest absolute Gasteiger partial charge is 0.0590 e. The first-order valence-corrected chi connectivity index (χ1v) is 5.17. The van der Waals surface area contributed by atoms with Crippen LogP contribution >= 0.6 is 11.6 Å². The SMILES string of the molecule is CCCOCCNCC(Cl)CC. The molecule has 74 valence electrons. The van der Waals surface area contributed by atoms with Crippen molar-refractivity contribution in [3.63, 3.8) is 0 Å². The molecule has 0 aliphatic carbocycles. The van der Waals surface area contributed by atoms with Gasteiger partial charge in [-0.2, -0.15) is 0 Å². The highest BCUT2D eigenvalue weighted by molar-refractivity contribution is 6.20. The lowest BCUT2D eigenvalue weighted by atomic mass is 10.3. The van der Waals surface area contributed by atoms with Gasteiger partial charge in [0.2, 0.25) is 0 Å². The molecular weight excluding hydrogens is 174 g/mol. The molecule has 0 radical (unpaired) electrons. The summed E-state index contributed by atoms with van der Waals surface area (Å²) in [5.41, 5.74) is 0. The molecule has 1 N–H and O–H groups in total. The second-order valence-electron chi connectivity index (χ2n) is 2.82. The van der Waals surface area contributed by atoms with E-state index in [0.717, 1.165) is 39.1 Å². The zero-order chi connectivity index (χ0) is 9.23. The summed E-state index contributed by atoms with van der Waals surface area (Å²) in [5.74, 6) is 0. The highest BCUT2D eigenvalue weighted by Gasteiger charge is 1.98. The summed E-state index contributed by atoms with van der Waals surface area (Å²) >= 11 is 5.90. The van der Waals surface area contributed by atoms with Crippen LogP contribution in [0, 0.1) is 0 Å². The molecule has 3 heteroatoms. The number of alkyl halides is 1. The van der Waals surface area contributed by atoms with Crippen molar-refractivity contribution < 1.29 is 4.74 Å². The van der Waals surface area contributed by atoms with E-state index in [1.54, 1.807) is 0 Å². The van der Waals surface area contributed by atoms with E-state index in [0.29, 0.717) is 0 Å². The van der Waals surface area contributed by atoms with Gasteiger partial charge in [-0.15, -0.1) is 11.6 Å². The first-order valence-electron chi connectivity index (χ1n) is 4.73. The molecule has 0 saturated heterocycles. The molecule has 0 bridgehead atoms. The Kier molecular flexibility index (Phi) is 9.46. The van der Waals surface area contributed by atoms with Gasteiger partial charge >= 0.3 is 0 Å². The first kappa shape index (κ1) is 12.2. The van der Waals surface area contributed by atoms with E-state index in [9.17, 15) is 0 Å². The van der Waals surface area contributed by atoms with Crippen LogP contribution in [-0.2, 0) is 4.74 Å². The number of nitrogens with one attached hydrogen (secondary N) is 1. The Bertz CT molecular complexity index is 90.6. The highest BCUT2D eigenvalue weighted by Crippen LogP contribution is 1.97. The van der Waals surface area contributed by atoms with E-state index in [1.807, 2.05) is 0 Å². The number of halogens is 1. The third-order valence-electron chi connectivity index (χ3n) is 1.58. The highest BCUT2D eigenvalue weighted by atomic mass is 35.5. The topological polar surface area (TPSA) is 21.3 Å². The lowest BCUT2D eigenvalue weighted by molar-refractivity contribution is 0.136. The Labute approximate surface area is 80.6 Å². The molecule has 1 atom stereocenters. The van der Waals surface area contributed by atoms with Gasteiger partial charge in [-0.25, -0.2) is 0 Å². The van der Waals surface area contributed by atoms with Gasteiger partial charge in [0.1, 0.15) is 0 Å². The molecule has 0 heterocycles. The monoisotopic (exact) mass is 193 g/mol. The second kappa shape index (κ2) is 9.30. The molecular formula is C9H20ClNO. The van der Waals surface area contributed by atoms with Gasteiger partial charge in [0, 0.05) is 25.1 Å². The Morgan fingerprint density at radius 1 is 1.33 bits per heavy atom. The van der Waals surface area contributed by atoms with Crippen LogP contribution in [-0.4, -0.2) is 31.7 Å². The average molecular weight is 194 g/mol. The van der Waals surface area contributed by atoms with Gasteiger partial charge in [0.15, 0.2) is 0 Å². The van der Waals surface area contributed by atoms with Crippen LogP contribution in [0.2, 0.25) is 0 Å². The quantitative estimate of drug-likeness (QED) is 0.471. The Morgan fingerprint density at radius 2 is 2.08 bits per heavy atom. The van der Waals surface area contributed by atoms with Crippen molar-refractivity contribution in [1.82, 2.24) is 5.32 Å². The van der Waals surface area contributed by atoms with Gasteiger partial charge in [0.25, 0.3) is 0 Å². The van der Waals surface area contributed by atoms with Crippen molar-refractivity contribution in [3.05, 3.63) is 0 Å². The lowest BCUT2D eigenvalue weighted by Crippen LogP contribution is -2.26. The molecule has 0 amide bonds. The number of hydrogen-bond donors (Lipinski definition) is 1. The third kappa shape index (κ3) is 8.31. The maximum atomic E-state index is 5.90. The summed E-state index contributed by atoms with van der Waals surface area (Å²) in [4.78, 5) is 0. The predicted octanol–water partition coefficient (Wildman–Crippen LogP) is 2.02.